The van der Waals surface area contributed by atoms with E-state index < -0.39 is 10.0 Å². The molecule has 2 aromatic rings. The van der Waals surface area contributed by atoms with Gasteiger partial charge in [0.2, 0.25) is 15.9 Å². The number of ether oxygens (including phenoxy) is 1. The van der Waals surface area contributed by atoms with Crippen molar-refractivity contribution in [2.75, 3.05) is 32.1 Å². The summed E-state index contributed by atoms with van der Waals surface area (Å²) in [5, 5.41) is 8.17. The van der Waals surface area contributed by atoms with Crippen molar-refractivity contribution in [2.24, 2.45) is 0 Å². The van der Waals surface area contributed by atoms with Crippen molar-refractivity contribution >= 4 is 15.8 Å². The highest BCUT2D eigenvalue weighted by Crippen LogP contribution is 2.21. The lowest BCUT2D eigenvalue weighted by Crippen LogP contribution is -2.44. The molecule has 27 heavy (non-hydrogen) atoms. The molecule has 2 heterocycles. The number of benzene rings is 1. The Balaban J connectivity index is 1.64. The number of hydrogen-bond donors (Lipinski definition) is 0. The molecule has 1 aromatic carbocycles. The third kappa shape index (κ3) is 5.17. The maximum Gasteiger partial charge on any atom is 0.233 e. The number of rotatable bonds is 6. The van der Waals surface area contributed by atoms with Gasteiger partial charge in [0.25, 0.3) is 0 Å². The Hall–Kier alpha value is -2.19. The van der Waals surface area contributed by atoms with E-state index in [0.717, 1.165) is 29.8 Å². The van der Waals surface area contributed by atoms with Crippen LogP contribution in [0.2, 0.25) is 0 Å². The Morgan fingerprint density at radius 3 is 2.70 bits per heavy atom. The Kier molecular flexibility index (Phi) is 5.96. The minimum Gasteiger partial charge on any atom is -0.472 e. The van der Waals surface area contributed by atoms with Gasteiger partial charge in [-0.3, -0.25) is 0 Å². The van der Waals surface area contributed by atoms with Crippen molar-refractivity contribution < 1.29 is 13.2 Å². The van der Waals surface area contributed by atoms with Crippen molar-refractivity contribution in [3.8, 4) is 5.88 Å². The molecule has 8 heteroatoms. The fourth-order valence-corrected chi connectivity index (χ4v) is 4.73. The van der Waals surface area contributed by atoms with E-state index in [-0.39, 0.29) is 11.9 Å². The summed E-state index contributed by atoms with van der Waals surface area (Å²) in [4.78, 5) is 1.86. The van der Waals surface area contributed by atoms with Crippen LogP contribution in [0.1, 0.15) is 24.0 Å². The molecule has 1 aliphatic heterocycles. The minimum atomic E-state index is -3.39. The van der Waals surface area contributed by atoms with E-state index in [0.29, 0.717) is 19.0 Å². The van der Waals surface area contributed by atoms with Gasteiger partial charge in [-0.15, -0.1) is 10.2 Å². The van der Waals surface area contributed by atoms with Gasteiger partial charge in [-0.05, 0) is 31.4 Å². The van der Waals surface area contributed by atoms with E-state index in [4.69, 9.17) is 4.74 Å². The van der Waals surface area contributed by atoms with Gasteiger partial charge in [-0.1, -0.05) is 29.8 Å². The molecule has 0 N–H and O–H groups in total. The lowest BCUT2D eigenvalue weighted by atomic mass is 10.1. The Morgan fingerprint density at radius 1 is 1.22 bits per heavy atom. The predicted octanol–water partition coefficient (Wildman–Crippen LogP) is 2.22. The zero-order valence-electron chi connectivity index (χ0n) is 16.0. The van der Waals surface area contributed by atoms with E-state index in [9.17, 15) is 8.42 Å². The van der Waals surface area contributed by atoms with Gasteiger partial charge in [-0.25, -0.2) is 8.42 Å². The predicted molar refractivity (Wildman–Crippen MR) is 105 cm³/mol. The molecule has 0 amide bonds. The summed E-state index contributed by atoms with van der Waals surface area (Å²) in [6.07, 6.45) is 1.35. The zero-order valence-corrected chi connectivity index (χ0v) is 16.8. The smallest absolute Gasteiger partial charge is 0.233 e. The Morgan fingerprint density at radius 2 is 2.04 bits per heavy atom. The maximum absolute atomic E-state index is 12.8. The summed E-state index contributed by atoms with van der Waals surface area (Å²) in [6, 6.07) is 11.2. The minimum absolute atomic E-state index is 0.0126. The van der Waals surface area contributed by atoms with E-state index in [1.807, 2.05) is 56.3 Å². The van der Waals surface area contributed by atoms with Crippen LogP contribution in [0.25, 0.3) is 0 Å². The molecule has 1 aliphatic rings. The summed E-state index contributed by atoms with van der Waals surface area (Å²) in [5.41, 5.74) is 1.87. The molecule has 146 valence electrons. The average molecular weight is 391 g/mol. The first-order valence-electron chi connectivity index (χ1n) is 9.04. The largest absolute Gasteiger partial charge is 0.472 e. The quantitative estimate of drug-likeness (QED) is 0.753. The summed E-state index contributed by atoms with van der Waals surface area (Å²) in [6.45, 7) is 2.83. The molecule has 0 aliphatic carbocycles. The first-order valence-corrected chi connectivity index (χ1v) is 10.7. The summed E-state index contributed by atoms with van der Waals surface area (Å²) >= 11 is 0. The summed E-state index contributed by atoms with van der Waals surface area (Å²) in [5.74, 6) is 1.18. The first-order chi connectivity index (χ1) is 12.8. The van der Waals surface area contributed by atoms with E-state index in [1.54, 1.807) is 6.07 Å². The third-order valence-corrected chi connectivity index (χ3v) is 6.35. The molecule has 0 spiro atoms. The highest BCUT2D eigenvalue weighted by atomic mass is 32.2. The van der Waals surface area contributed by atoms with E-state index in [2.05, 4.69) is 10.2 Å². The van der Waals surface area contributed by atoms with Crippen molar-refractivity contribution in [3.63, 3.8) is 0 Å². The molecule has 1 fully saturated rings. The highest BCUT2D eigenvalue weighted by Gasteiger charge is 2.30. The second kappa shape index (κ2) is 8.22. The standard InChI is InChI=1S/C19H26N4O3S/c1-15-6-4-7-16(12-15)14-27(24,25)23-11-5-8-17(13-23)26-19-10-9-18(20-21-19)22(2)3/h4,6-7,9-10,12,17H,5,8,11,13-14H2,1-3H3. The second-order valence-electron chi connectivity index (χ2n) is 7.11. The normalized spacial score (nSPS) is 18.3. The number of aromatic nitrogens is 2. The van der Waals surface area contributed by atoms with Gasteiger partial charge in [-0.2, -0.15) is 4.31 Å². The average Bonchev–Trinajstić information content (AvgIpc) is 2.62. The molecular weight excluding hydrogens is 364 g/mol. The lowest BCUT2D eigenvalue weighted by Gasteiger charge is -2.31. The fourth-order valence-electron chi connectivity index (χ4n) is 3.14. The van der Waals surface area contributed by atoms with E-state index >= 15 is 0 Å². The van der Waals surface area contributed by atoms with Crippen LogP contribution in [0.4, 0.5) is 5.82 Å². The molecule has 1 aromatic heterocycles. The van der Waals surface area contributed by atoms with Gasteiger partial charge in [0.05, 0.1) is 12.3 Å². The molecule has 1 atom stereocenters. The highest BCUT2D eigenvalue weighted by molar-refractivity contribution is 7.88. The van der Waals surface area contributed by atoms with Crippen LogP contribution < -0.4 is 9.64 Å². The summed E-state index contributed by atoms with van der Waals surface area (Å²) in [7, 11) is 0.397. The van der Waals surface area contributed by atoms with Gasteiger partial charge in [0, 0.05) is 26.7 Å². The first kappa shape index (κ1) is 19.6. The van der Waals surface area contributed by atoms with Crippen molar-refractivity contribution in [3.05, 3.63) is 47.5 Å². The number of sulfonamides is 1. The molecular formula is C19H26N4O3S. The van der Waals surface area contributed by atoms with Crippen molar-refractivity contribution in [1.29, 1.82) is 0 Å². The van der Waals surface area contributed by atoms with Crippen LogP contribution in [-0.4, -0.2) is 56.2 Å². The van der Waals surface area contributed by atoms with Crippen LogP contribution in [0, 0.1) is 6.92 Å². The Labute approximate surface area is 161 Å². The summed E-state index contributed by atoms with van der Waals surface area (Å²) < 4.78 is 33.1. The topological polar surface area (TPSA) is 75.6 Å². The van der Waals surface area contributed by atoms with Crippen molar-refractivity contribution in [1.82, 2.24) is 14.5 Å². The lowest BCUT2D eigenvalue weighted by molar-refractivity contribution is 0.123. The SMILES string of the molecule is Cc1cccc(CS(=O)(=O)N2CCCC(Oc3ccc(N(C)C)nn3)C2)c1. The van der Waals surface area contributed by atoms with Crippen LogP contribution in [-0.2, 0) is 15.8 Å². The van der Waals surface area contributed by atoms with Crippen LogP contribution >= 0.6 is 0 Å². The van der Waals surface area contributed by atoms with Gasteiger partial charge >= 0.3 is 0 Å². The maximum atomic E-state index is 12.8. The third-order valence-electron chi connectivity index (χ3n) is 4.54. The van der Waals surface area contributed by atoms with Gasteiger partial charge in [0.15, 0.2) is 5.82 Å². The number of hydrogen-bond acceptors (Lipinski definition) is 6. The van der Waals surface area contributed by atoms with Gasteiger partial charge < -0.3 is 9.64 Å². The number of piperidine rings is 1. The van der Waals surface area contributed by atoms with Crippen LogP contribution in [0.5, 0.6) is 5.88 Å². The second-order valence-corrected chi connectivity index (χ2v) is 9.08. The van der Waals surface area contributed by atoms with Gasteiger partial charge in [0.1, 0.15) is 6.10 Å². The monoisotopic (exact) mass is 390 g/mol. The molecule has 0 radical (unpaired) electrons. The van der Waals surface area contributed by atoms with Crippen LogP contribution in [0.15, 0.2) is 36.4 Å². The zero-order chi connectivity index (χ0) is 19.4. The van der Waals surface area contributed by atoms with E-state index in [1.165, 1.54) is 4.31 Å². The molecule has 1 saturated heterocycles. The number of aryl methyl sites for hydroxylation is 1. The molecule has 7 nitrogen and oxygen atoms in total. The fraction of sp³-hybridized carbons (Fsp3) is 0.474. The number of nitrogens with zero attached hydrogens (tertiary/aromatic N) is 4. The van der Waals surface area contributed by atoms with Crippen molar-refractivity contribution in [2.45, 2.75) is 31.6 Å². The molecule has 1 unspecified atom stereocenters. The van der Waals surface area contributed by atoms with Crippen LogP contribution in [0.3, 0.4) is 0 Å². The molecule has 0 saturated carbocycles. The molecule has 0 bridgehead atoms. The number of anilines is 1. The molecule has 3 rings (SSSR count). The Bertz CT molecular complexity index is 869.